The molecule has 1 aromatic carbocycles. The van der Waals surface area contributed by atoms with Crippen LogP contribution >= 0.6 is 11.6 Å². The molecule has 0 aliphatic carbocycles. The number of rotatable bonds is 5. The van der Waals surface area contributed by atoms with Crippen LogP contribution in [-0.4, -0.2) is 31.1 Å². The molecule has 2 aromatic rings. The Balaban J connectivity index is 1.89. The average molecular weight is 366 g/mol. The van der Waals surface area contributed by atoms with Crippen LogP contribution in [0.15, 0.2) is 34.9 Å². The molecule has 7 heteroatoms. The number of furan rings is 1. The molecule has 0 spiro atoms. The second kappa shape index (κ2) is 7.42. The van der Waals surface area contributed by atoms with Gasteiger partial charge in [0.25, 0.3) is 6.43 Å². The molecule has 4 nitrogen and oxygen atoms in total. The zero-order valence-electron chi connectivity index (χ0n) is 13.8. The lowest BCUT2D eigenvalue weighted by atomic mass is 10.1. The molecular formula is C18H18ClF2N3O. The van der Waals surface area contributed by atoms with E-state index in [0.29, 0.717) is 22.7 Å². The highest BCUT2D eigenvalue weighted by Crippen LogP contribution is 2.30. The van der Waals surface area contributed by atoms with Crippen LogP contribution in [0.25, 0.3) is 0 Å². The molecule has 0 radical (unpaired) electrons. The standard InChI is InChI=1S/C18H18ClF2N3O/c1-23-5-4-15(10-23)24(9-12-6-17(18(20)21)25-11-12)14-3-2-13(8-22)16(19)7-14/h2-3,6-7,11,15,18H,4-5,9-10H2,1H3. The van der Waals surface area contributed by atoms with E-state index in [1.165, 1.54) is 12.3 Å². The van der Waals surface area contributed by atoms with Crippen LogP contribution in [0.1, 0.15) is 29.7 Å². The maximum atomic E-state index is 12.8. The number of alkyl halides is 2. The van der Waals surface area contributed by atoms with Gasteiger partial charge in [-0.15, -0.1) is 0 Å². The smallest absolute Gasteiger partial charge is 0.295 e. The summed E-state index contributed by atoms with van der Waals surface area (Å²) >= 11 is 6.18. The summed E-state index contributed by atoms with van der Waals surface area (Å²) in [4.78, 5) is 4.36. The predicted molar refractivity (Wildman–Crippen MR) is 91.9 cm³/mol. The summed E-state index contributed by atoms with van der Waals surface area (Å²) in [6, 6.07) is 8.96. The van der Waals surface area contributed by atoms with Gasteiger partial charge in [-0.3, -0.25) is 0 Å². The molecule has 1 aliphatic rings. The fourth-order valence-electron chi connectivity index (χ4n) is 3.16. The second-order valence-corrected chi connectivity index (χ2v) is 6.67. The van der Waals surface area contributed by atoms with Crippen LogP contribution in [0, 0.1) is 11.3 Å². The normalized spacial score (nSPS) is 17.8. The number of hydrogen-bond donors (Lipinski definition) is 0. The summed E-state index contributed by atoms with van der Waals surface area (Å²) in [5.41, 5.74) is 1.96. The summed E-state index contributed by atoms with van der Waals surface area (Å²) in [6.45, 7) is 2.28. The van der Waals surface area contributed by atoms with E-state index in [-0.39, 0.29) is 11.8 Å². The zero-order valence-corrected chi connectivity index (χ0v) is 14.5. The molecule has 1 aliphatic heterocycles. The third kappa shape index (κ3) is 3.94. The molecule has 0 amide bonds. The highest BCUT2D eigenvalue weighted by Gasteiger charge is 2.27. The Morgan fingerprint density at radius 2 is 2.24 bits per heavy atom. The number of hydrogen-bond acceptors (Lipinski definition) is 4. The number of halogens is 3. The molecule has 1 aromatic heterocycles. The van der Waals surface area contributed by atoms with Crippen LogP contribution in [0.2, 0.25) is 5.02 Å². The van der Waals surface area contributed by atoms with E-state index in [2.05, 4.69) is 16.8 Å². The third-order valence-electron chi connectivity index (χ3n) is 4.45. The molecule has 25 heavy (non-hydrogen) atoms. The Kier molecular flexibility index (Phi) is 5.26. The van der Waals surface area contributed by atoms with E-state index in [0.717, 1.165) is 25.2 Å². The lowest BCUT2D eigenvalue weighted by Crippen LogP contribution is -2.36. The van der Waals surface area contributed by atoms with Gasteiger partial charge in [-0.25, -0.2) is 8.78 Å². The summed E-state index contributed by atoms with van der Waals surface area (Å²) in [6.07, 6.45) is -0.282. The minimum atomic E-state index is -2.62. The van der Waals surface area contributed by atoms with Gasteiger partial charge >= 0.3 is 0 Å². The van der Waals surface area contributed by atoms with Gasteiger partial charge in [0.05, 0.1) is 16.8 Å². The second-order valence-electron chi connectivity index (χ2n) is 6.27. The van der Waals surface area contributed by atoms with Crippen molar-refractivity contribution in [1.82, 2.24) is 4.90 Å². The van der Waals surface area contributed by atoms with E-state index in [9.17, 15) is 8.78 Å². The van der Waals surface area contributed by atoms with Crippen molar-refractivity contribution < 1.29 is 13.2 Å². The van der Waals surface area contributed by atoms with Crippen LogP contribution in [-0.2, 0) is 6.54 Å². The molecule has 1 unspecified atom stereocenters. The quantitative estimate of drug-likeness (QED) is 0.785. The number of nitrogens with zero attached hydrogens (tertiary/aromatic N) is 3. The Bertz CT molecular complexity index is 787. The summed E-state index contributed by atoms with van der Waals surface area (Å²) in [5.74, 6) is -0.323. The highest BCUT2D eigenvalue weighted by atomic mass is 35.5. The van der Waals surface area contributed by atoms with E-state index in [4.69, 9.17) is 21.3 Å². The Hall–Kier alpha value is -2.10. The van der Waals surface area contributed by atoms with Crippen molar-refractivity contribution in [3.05, 3.63) is 52.4 Å². The van der Waals surface area contributed by atoms with Gasteiger partial charge < -0.3 is 14.2 Å². The molecular weight excluding hydrogens is 348 g/mol. The van der Waals surface area contributed by atoms with Crippen LogP contribution in [0.3, 0.4) is 0 Å². The maximum absolute atomic E-state index is 12.8. The summed E-state index contributed by atoms with van der Waals surface area (Å²) in [5, 5.41) is 9.43. The van der Waals surface area contributed by atoms with Crippen LogP contribution in [0.5, 0.6) is 0 Å². The molecule has 1 saturated heterocycles. The molecule has 1 fully saturated rings. The van der Waals surface area contributed by atoms with E-state index >= 15 is 0 Å². The van der Waals surface area contributed by atoms with Crippen molar-refractivity contribution in [3.8, 4) is 6.07 Å². The first kappa shape index (κ1) is 17.7. The first-order valence-corrected chi connectivity index (χ1v) is 8.36. The SMILES string of the molecule is CN1CCC(N(Cc2coc(C(F)F)c2)c2ccc(C#N)c(Cl)c2)C1. The topological polar surface area (TPSA) is 43.4 Å². The Labute approximate surface area is 150 Å². The van der Waals surface area contributed by atoms with Crippen molar-refractivity contribution in [3.63, 3.8) is 0 Å². The monoisotopic (exact) mass is 365 g/mol. The molecule has 0 bridgehead atoms. The number of likely N-dealkylation sites (N-methyl/N-ethyl adjacent to an activating group) is 1. The molecule has 1 atom stereocenters. The summed E-state index contributed by atoms with van der Waals surface area (Å²) in [7, 11) is 2.05. The Morgan fingerprint density at radius 1 is 1.44 bits per heavy atom. The van der Waals surface area contributed by atoms with Gasteiger partial charge in [0.2, 0.25) is 0 Å². The van der Waals surface area contributed by atoms with Crippen molar-refractivity contribution in [2.24, 2.45) is 0 Å². The molecule has 0 saturated carbocycles. The average Bonchev–Trinajstić information content (AvgIpc) is 3.21. The fourth-order valence-corrected chi connectivity index (χ4v) is 3.38. The number of benzene rings is 1. The molecule has 132 valence electrons. The Morgan fingerprint density at radius 3 is 2.80 bits per heavy atom. The van der Waals surface area contributed by atoms with E-state index in [1.807, 2.05) is 12.1 Å². The predicted octanol–water partition coefficient (Wildman–Crippen LogP) is 4.45. The molecule has 3 rings (SSSR count). The first-order valence-electron chi connectivity index (χ1n) is 7.98. The van der Waals surface area contributed by atoms with Gasteiger partial charge in [-0.2, -0.15) is 5.26 Å². The lowest BCUT2D eigenvalue weighted by molar-refractivity contribution is 0.122. The third-order valence-corrected chi connectivity index (χ3v) is 4.77. The number of nitriles is 1. The van der Waals surface area contributed by atoms with Crippen LogP contribution < -0.4 is 4.90 Å². The van der Waals surface area contributed by atoms with Crippen LogP contribution in [0.4, 0.5) is 14.5 Å². The van der Waals surface area contributed by atoms with Gasteiger partial charge in [-0.1, -0.05) is 11.6 Å². The maximum Gasteiger partial charge on any atom is 0.295 e. The fraction of sp³-hybridized carbons (Fsp3) is 0.389. The molecule has 0 N–H and O–H groups in total. The van der Waals surface area contributed by atoms with Gasteiger partial charge in [0.15, 0.2) is 5.76 Å². The minimum absolute atomic E-state index is 0.235. The first-order chi connectivity index (χ1) is 12.0. The van der Waals surface area contributed by atoms with Crippen molar-refractivity contribution in [2.75, 3.05) is 25.0 Å². The number of anilines is 1. The summed E-state index contributed by atoms with van der Waals surface area (Å²) < 4.78 is 30.5. The highest BCUT2D eigenvalue weighted by molar-refractivity contribution is 6.32. The minimum Gasteiger partial charge on any atom is -0.463 e. The largest absolute Gasteiger partial charge is 0.463 e. The van der Waals surface area contributed by atoms with Crippen molar-refractivity contribution in [2.45, 2.75) is 25.4 Å². The van der Waals surface area contributed by atoms with Gasteiger partial charge in [0, 0.05) is 30.4 Å². The molecule has 2 heterocycles. The van der Waals surface area contributed by atoms with E-state index in [1.54, 1.807) is 12.1 Å². The lowest BCUT2D eigenvalue weighted by Gasteiger charge is -2.31. The van der Waals surface area contributed by atoms with Gasteiger partial charge in [0.1, 0.15) is 6.07 Å². The number of likely N-dealkylation sites (tertiary alicyclic amines) is 1. The van der Waals surface area contributed by atoms with Crippen molar-refractivity contribution >= 4 is 17.3 Å². The van der Waals surface area contributed by atoms with E-state index < -0.39 is 6.43 Å². The zero-order chi connectivity index (χ0) is 18.0. The van der Waals surface area contributed by atoms with Crippen molar-refractivity contribution in [1.29, 1.82) is 5.26 Å². The van der Waals surface area contributed by atoms with Gasteiger partial charge in [-0.05, 0) is 44.3 Å².